The van der Waals surface area contributed by atoms with Gasteiger partial charge in [-0.1, -0.05) is 24.3 Å². The maximum absolute atomic E-state index is 13.4. The van der Waals surface area contributed by atoms with Crippen LogP contribution >= 0.6 is 0 Å². The maximum atomic E-state index is 13.4. The van der Waals surface area contributed by atoms with E-state index in [2.05, 4.69) is 26.1 Å². The van der Waals surface area contributed by atoms with Crippen molar-refractivity contribution in [3.8, 4) is 28.1 Å². The van der Waals surface area contributed by atoms with Gasteiger partial charge in [-0.25, -0.2) is 4.98 Å². The highest BCUT2D eigenvalue weighted by atomic mass is 16.5. The molecule has 0 atom stereocenters. The fourth-order valence-electron chi connectivity index (χ4n) is 5.70. The molecule has 2 aromatic carbocycles. The highest BCUT2D eigenvalue weighted by Crippen LogP contribution is 2.34. The monoisotopic (exact) mass is 525 g/mol. The number of rotatable bonds is 7. The second-order valence-corrected chi connectivity index (χ2v) is 10.5. The number of piperazine rings is 1. The first kappa shape index (κ1) is 25.5. The van der Waals surface area contributed by atoms with Gasteiger partial charge < -0.3 is 14.4 Å². The Hall–Kier alpha value is -3.75. The molecule has 2 aliphatic heterocycles. The number of nitrogens with zero attached hydrogens (tertiary/aromatic N) is 4. The molecule has 6 rings (SSSR count). The number of para-hydroxylation sites is 1. The lowest BCUT2D eigenvalue weighted by atomic mass is 9.96. The van der Waals surface area contributed by atoms with Crippen LogP contribution in [-0.4, -0.2) is 83.9 Å². The zero-order valence-electron chi connectivity index (χ0n) is 22.4. The number of nitrogens with one attached hydrogen (secondary N) is 1. The zero-order valence-corrected chi connectivity index (χ0v) is 22.4. The number of ether oxygens (including phenoxy) is 2. The molecule has 0 aliphatic carbocycles. The van der Waals surface area contributed by atoms with Gasteiger partial charge in [0.25, 0.3) is 5.91 Å². The largest absolute Gasteiger partial charge is 0.496 e. The van der Waals surface area contributed by atoms with Gasteiger partial charge in [-0.2, -0.15) is 5.10 Å². The molecule has 2 saturated heterocycles. The van der Waals surface area contributed by atoms with Crippen LogP contribution in [0.1, 0.15) is 29.6 Å². The maximum Gasteiger partial charge on any atom is 0.253 e. The van der Waals surface area contributed by atoms with E-state index in [0.29, 0.717) is 11.2 Å². The van der Waals surface area contributed by atoms with Crippen molar-refractivity contribution in [2.24, 2.45) is 5.92 Å². The molecule has 0 radical (unpaired) electrons. The van der Waals surface area contributed by atoms with Crippen LogP contribution in [0.3, 0.4) is 0 Å². The van der Waals surface area contributed by atoms with Gasteiger partial charge in [0.05, 0.1) is 7.11 Å². The zero-order chi connectivity index (χ0) is 26.6. The summed E-state index contributed by atoms with van der Waals surface area (Å²) in [7, 11) is 1.66. The van der Waals surface area contributed by atoms with Crippen molar-refractivity contribution < 1.29 is 14.3 Å². The molecule has 0 bridgehead atoms. The van der Waals surface area contributed by atoms with Crippen LogP contribution < -0.4 is 4.74 Å². The van der Waals surface area contributed by atoms with Gasteiger partial charge in [0.2, 0.25) is 0 Å². The van der Waals surface area contributed by atoms with E-state index in [0.717, 1.165) is 85.4 Å². The van der Waals surface area contributed by atoms with Gasteiger partial charge in [-0.3, -0.25) is 14.8 Å². The number of carbonyl (C=O) groups is 1. The first-order valence-electron chi connectivity index (χ1n) is 13.9. The molecule has 39 heavy (non-hydrogen) atoms. The molecule has 2 aliphatic rings. The summed E-state index contributed by atoms with van der Waals surface area (Å²) in [6, 6.07) is 17.8. The molecule has 0 unspecified atom stereocenters. The minimum absolute atomic E-state index is 0.0907. The van der Waals surface area contributed by atoms with Crippen LogP contribution in [0.15, 0.2) is 60.8 Å². The second kappa shape index (κ2) is 11.6. The highest BCUT2D eigenvalue weighted by Gasteiger charge is 2.24. The van der Waals surface area contributed by atoms with E-state index >= 15 is 0 Å². The summed E-state index contributed by atoms with van der Waals surface area (Å²) in [5.74, 6) is 1.63. The first-order chi connectivity index (χ1) is 19.2. The van der Waals surface area contributed by atoms with Gasteiger partial charge in [0.1, 0.15) is 11.4 Å². The van der Waals surface area contributed by atoms with Gasteiger partial charge in [-0.15, -0.1) is 0 Å². The Morgan fingerprint density at radius 3 is 2.67 bits per heavy atom. The SMILES string of the molecule is COc1ccccc1-c1n[nH]c2ncc(-c3cccc(C(=O)N4CCN(CCC5CCOCC5)CC4)c3)cc12. The minimum atomic E-state index is 0.0907. The summed E-state index contributed by atoms with van der Waals surface area (Å²) >= 11 is 0. The Balaban J connectivity index is 1.15. The second-order valence-electron chi connectivity index (χ2n) is 10.5. The summed E-state index contributed by atoms with van der Waals surface area (Å²) in [6.07, 6.45) is 5.42. The molecule has 0 saturated carbocycles. The van der Waals surface area contributed by atoms with E-state index in [1.807, 2.05) is 59.6 Å². The molecular weight excluding hydrogens is 490 g/mol. The molecule has 202 valence electrons. The van der Waals surface area contributed by atoms with Crippen LogP contribution in [-0.2, 0) is 4.74 Å². The summed E-state index contributed by atoms with van der Waals surface area (Å²) in [5.41, 5.74) is 5.01. The van der Waals surface area contributed by atoms with Crippen molar-refractivity contribution in [1.29, 1.82) is 0 Å². The molecule has 2 fully saturated rings. The molecular formula is C31H35N5O3. The quantitative estimate of drug-likeness (QED) is 0.371. The topological polar surface area (TPSA) is 83.6 Å². The van der Waals surface area contributed by atoms with Crippen LogP contribution in [0.25, 0.3) is 33.4 Å². The fourth-order valence-corrected chi connectivity index (χ4v) is 5.70. The molecule has 8 nitrogen and oxygen atoms in total. The van der Waals surface area contributed by atoms with E-state index in [9.17, 15) is 4.79 Å². The Morgan fingerprint density at radius 1 is 1.03 bits per heavy atom. The number of hydrogen-bond acceptors (Lipinski definition) is 6. The van der Waals surface area contributed by atoms with E-state index < -0.39 is 0 Å². The van der Waals surface area contributed by atoms with Crippen molar-refractivity contribution in [1.82, 2.24) is 25.0 Å². The van der Waals surface area contributed by atoms with E-state index in [1.54, 1.807) is 7.11 Å². The Bertz CT molecular complexity index is 1440. The van der Waals surface area contributed by atoms with E-state index in [1.165, 1.54) is 19.3 Å². The Morgan fingerprint density at radius 2 is 1.85 bits per heavy atom. The third kappa shape index (κ3) is 5.53. The molecule has 2 aromatic heterocycles. The van der Waals surface area contributed by atoms with E-state index in [4.69, 9.17) is 9.47 Å². The Labute approximate surface area is 228 Å². The van der Waals surface area contributed by atoms with Gasteiger partial charge in [-0.05, 0) is 67.6 Å². The van der Waals surface area contributed by atoms with E-state index in [-0.39, 0.29) is 5.91 Å². The lowest BCUT2D eigenvalue weighted by molar-refractivity contribution is 0.0517. The number of fused-ring (bicyclic) bond motifs is 1. The summed E-state index contributed by atoms with van der Waals surface area (Å²) in [5, 5.41) is 8.46. The standard InChI is InChI=1S/C31H35N5O3/c1-38-28-8-3-2-7-26(28)29-27-20-25(21-32-30(27)34-33-29)23-5-4-6-24(19-23)31(37)36-15-13-35(14-16-36)12-9-22-10-17-39-18-11-22/h2-8,19-22H,9-18H2,1H3,(H,32,33,34). The molecule has 4 heterocycles. The van der Waals surface area contributed by atoms with Gasteiger partial charge in [0.15, 0.2) is 5.65 Å². The van der Waals surface area contributed by atoms with Crippen molar-refractivity contribution >= 4 is 16.9 Å². The average Bonchev–Trinajstić information content (AvgIpc) is 3.43. The lowest BCUT2D eigenvalue weighted by Gasteiger charge is -2.35. The fraction of sp³-hybridized carbons (Fsp3) is 0.387. The number of carbonyl (C=O) groups excluding carboxylic acids is 1. The highest BCUT2D eigenvalue weighted by molar-refractivity contribution is 5.97. The summed E-state index contributed by atoms with van der Waals surface area (Å²) in [4.78, 5) is 22.5. The number of pyridine rings is 1. The predicted molar refractivity (Wildman–Crippen MR) is 152 cm³/mol. The molecule has 1 amide bonds. The van der Waals surface area contributed by atoms with Crippen molar-refractivity contribution in [3.63, 3.8) is 0 Å². The molecule has 0 spiro atoms. The van der Waals surface area contributed by atoms with Crippen LogP contribution in [0.4, 0.5) is 0 Å². The minimum Gasteiger partial charge on any atom is -0.496 e. The number of H-pyrrole nitrogens is 1. The number of benzene rings is 2. The third-order valence-corrected chi connectivity index (χ3v) is 8.08. The smallest absolute Gasteiger partial charge is 0.253 e. The molecule has 4 aromatic rings. The van der Waals surface area contributed by atoms with Gasteiger partial charge >= 0.3 is 0 Å². The molecule has 1 N–H and O–H groups in total. The van der Waals surface area contributed by atoms with Crippen LogP contribution in [0, 0.1) is 5.92 Å². The van der Waals surface area contributed by atoms with Crippen molar-refractivity contribution in [3.05, 3.63) is 66.4 Å². The first-order valence-corrected chi connectivity index (χ1v) is 13.9. The molecule has 8 heteroatoms. The van der Waals surface area contributed by atoms with Gasteiger partial charge in [0, 0.05) is 67.7 Å². The normalized spacial score (nSPS) is 17.0. The lowest BCUT2D eigenvalue weighted by Crippen LogP contribution is -2.49. The summed E-state index contributed by atoms with van der Waals surface area (Å²) in [6.45, 7) is 6.32. The number of hydrogen-bond donors (Lipinski definition) is 1. The summed E-state index contributed by atoms with van der Waals surface area (Å²) < 4.78 is 11.0. The third-order valence-electron chi connectivity index (χ3n) is 8.08. The van der Waals surface area contributed by atoms with Crippen molar-refractivity contribution in [2.45, 2.75) is 19.3 Å². The average molecular weight is 526 g/mol. The van der Waals surface area contributed by atoms with Crippen LogP contribution in [0.5, 0.6) is 5.75 Å². The number of aromatic nitrogens is 3. The Kier molecular flexibility index (Phi) is 7.56. The van der Waals surface area contributed by atoms with Crippen LogP contribution in [0.2, 0.25) is 0 Å². The predicted octanol–water partition coefficient (Wildman–Crippen LogP) is 4.88. The van der Waals surface area contributed by atoms with Crippen molar-refractivity contribution in [2.75, 3.05) is 53.0 Å². The number of methoxy groups -OCH3 is 1. The number of aromatic amines is 1. The number of amides is 1.